The fourth-order valence-electron chi connectivity index (χ4n) is 10.3. The van der Waals surface area contributed by atoms with Crippen LogP contribution in [0, 0.1) is 0 Å². The first-order valence-corrected chi connectivity index (χ1v) is 23.5. The Balaban J connectivity index is 0.983. The molecule has 10 aromatic carbocycles. The SMILES string of the molecule is c1ccc(-c2nc(-n3c4ccc(-c5cccc6c5oc5ccccc56)cc4c4cccc(-c5cccc(-c6cccc(-c7cccc8c7sc7ccccc78)c6)c5)c43)nc3ccccc23)cc1. The number of nitrogens with zero attached hydrogens (tertiary/aromatic N) is 3. The fourth-order valence-corrected chi connectivity index (χ4v) is 11.6. The number of furan rings is 1. The third-order valence-electron chi connectivity index (χ3n) is 13.4. The molecule has 0 aliphatic heterocycles. The van der Waals surface area contributed by atoms with E-state index in [9.17, 15) is 0 Å². The quantitative estimate of drug-likeness (QED) is 0.167. The van der Waals surface area contributed by atoms with Crippen LogP contribution in [-0.4, -0.2) is 14.5 Å². The second-order valence-electron chi connectivity index (χ2n) is 17.2. The Morgan fingerprint density at radius 3 is 1.81 bits per heavy atom. The highest BCUT2D eigenvalue weighted by molar-refractivity contribution is 7.26. The van der Waals surface area contributed by atoms with E-state index in [0.717, 1.165) is 93.7 Å². The lowest BCUT2D eigenvalue weighted by molar-refractivity contribution is 0.670. The van der Waals surface area contributed by atoms with Gasteiger partial charge in [-0.05, 0) is 75.8 Å². The van der Waals surface area contributed by atoms with Crippen molar-refractivity contribution in [1.82, 2.24) is 14.5 Å². The summed E-state index contributed by atoms with van der Waals surface area (Å²) in [7, 11) is 0. The zero-order chi connectivity index (χ0) is 44.0. The minimum absolute atomic E-state index is 0.622. The maximum atomic E-state index is 6.57. The lowest BCUT2D eigenvalue weighted by Crippen LogP contribution is -2.04. The van der Waals surface area contributed by atoms with Gasteiger partial charge in [0.05, 0.1) is 22.2 Å². The normalized spacial score (nSPS) is 11.9. The average molecular weight is 872 g/mol. The van der Waals surface area contributed by atoms with Gasteiger partial charge in [-0.3, -0.25) is 4.57 Å². The summed E-state index contributed by atoms with van der Waals surface area (Å²) in [6.45, 7) is 0. The van der Waals surface area contributed by atoms with Crippen molar-refractivity contribution in [3.05, 3.63) is 224 Å². The number of hydrogen-bond donors (Lipinski definition) is 0. The van der Waals surface area contributed by atoms with Crippen LogP contribution in [-0.2, 0) is 0 Å². The van der Waals surface area contributed by atoms with Crippen molar-refractivity contribution < 1.29 is 4.42 Å². The molecule has 5 heteroatoms. The van der Waals surface area contributed by atoms with Crippen LogP contribution < -0.4 is 0 Å². The Bertz CT molecular complexity index is 4290. The fraction of sp³-hybridized carbons (Fsp3) is 0. The number of thiophene rings is 1. The summed E-state index contributed by atoms with van der Waals surface area (Å²) in [4.78, 5) is 10.8. The monoisotopic (exact) mass is 871 g/mol. The molecular weight excluding hydrogens is 835 g/mol. The van der Waals surface area contributed by atoms with E-state index in [1.807, 2.05) is 29.5 Å². The smallest absolute Gasteiger partial charge is 0.235 e. The second-order valence-corrected chi connectivity index (χ2v) is 18.3. The molecule has 0 aliphatic carbocycles. The highest BCUT2D eigenvalue weighted by Gasteiger charge is 2.22. The van der Waals surface area contributed by atoms with Crippen molar-refractivity contribution >= 4 is 86.2 Å². The molecule has 67 heavy (non-hydrogen) atoms. The maximum absolute atomic E-state index is 6.57. The molecule has 0 unspecified atom stereocenters. The largest absolute Gasteiger partial charge is 0.455 e. The summed E-state index contributed by atoms with van der Waals surface area (Å²) in [6.07, 6.45) is 0. The van der Waals surface area contributed by atoms with Gasteiger partial charge in [-0.25, -0.2) is 9.97 Å². The molecule has 0 saturated heterocycles. The molecule has 14 aromatic rings. The van der Waals surface area contributed by atoms with Crippen LogP contribution in [0.5, 0.6) is 0 Å². The van der Waals surface area contributed by atoms with Crippen molar-refractivity contribution in [2.24, 2.45) is 0 Å². The topological polar surface area (TPSA) is 43.9 Å². The van der Waals surface area contributed by atoms with Crippen LogP contribution in [0.2, 0.25) is 0 Å². The highest BCUT2D eigenvalue weighted by atomic mass is 32.1. The molecule has 0 saturated carbocycles. The molecule has 0 amide bonds. The predicted octanol–water partition coefficient (Wildman–Crippen LogP) is 17.3. The summed E-state index contributed by atoms with van der Waals surface area (Å²) in [5.74, 6) is 0.622. The van der Waals surface area contributed by atoms with Gasteiger partial charge in [-0.1, -0.05) is 182 Å². The highest BCUT2D eigenvalue weighted by Crippen LogP contribution is 2.44. The van der Waals surface area contributed by atoms with Gasteiger partial charge in [0.1, 0.15) is 11.2 Å². The Morgan fingerprint density at radius 1 is 0.373 bits per heavy atom. The first-order valence-electron chi connectivity index (χ1n) is 22.6. The maximum Gasteiger partial charge on any atom is 0.235 e. The number of para-hydroxylation sites is 4. The summed E-state index contributed by atoms with van der Waals surface area (Å²) in [5, 5.41) is 8.08. The van der Waals surface area contributed by atoms with E-state index in [0.29, 0.717) is 5.95 Å². The average Bonchev–Trinajstić information content (AvgIpc) is 4.08. The molecular formula is C62H37N3OS. The summed E-state index contributed by atoms with van der Waals surface area (Å²) < 4.78 is 11.5. The van der Waals surface area contributed by atoms with E-state index in [1.165, 1.54) is 36.9 Å². The summed E-state index contributed by atoms with van der Waals surface area (Å²) in [6, 6.07) is 80.3. The van der Waals surface area contributed by atoms with Gasteiger partial charge in [0.15, 0.2) is 0 Å². The van der Waals surface area contributed by atoms with Crippen LogP contribution in [0.25, 0.3) is 137 Å². The number of hydrogen-bond acceptors (Lipinski definition) is 4. The predicted molar refractivity (Wildman–Crippen MR) is 281 cm³/mol. The first kappa shape index (κ1) is 37.7. The van der Waals surface area contributed by atoms with Gasteiger partial charge in [0, 0.05) is 63.8 Å². The standard InChI is InChI=1S/C62H37N3OS/c1-2-15-38(16-3-1)58-52-23-4-7-30-54(52)63-62(64-58)65-55-34-33-43(45-25-13-28-50-47-21-5-8-31-56(47)66-60(45)50)37-53(55)49-27-12-24-44(59(49)65)41-19-10-17-39(35-41)40-18-11-20-42(36-40)46-26-14-29-51-48-22-6-9-32-57(48)67-61(46)51/h1-37H. The van der Waals surface area contributed by atoms with Crippen LogP contribution in [0.15, 0.2) is 229 Å². The number of aromatic nitrogens is 3. The zero-order valence-corrected chi connectivity index (χ0v) is 36.8. The van der Waals surface area contributed by atoms with E-state index < -0.39 is 0 Å². The van der Waals surface area contributed by atoms with Crippen molar-refractivity contribution in [3.63, 3.8) is 0 Å². The van der Waals surface area contributed by atoms with Gasteiger partial charge >= 0.3 is 0 Å². The molecule has 0 atom stereocenters. The molecule has 0 bridgehead atoms. The molecule has 4 nitrogen and oxygen atoms in total. The Labute approximate surface area is 389 Å². The minimum atomic E-state index is 0.622. The minimum Gasteiger partial charge on any atom is -0.455 e. The first-order chi connectivity index (χ1) is 33.2. The number of fused-ring (bicyclic) bond motifs is 10. The van der Waals surface area contributed by atoms with E-state index >= 15 is 0 Å². The zero-order valence-electron chi connectivity index (χ0n) is 36.0. The molecule has 14 rings (SSSR count). The van der Waals surface area contributed by atoms with E-state index in [2.05, 4.69) is 211 Å². The van der Waals surface area contributed by atoms with E-state index in [-0.39, 0.29) is 0 Å². The third kappa shape index (κ3) is 5.99. The van der Waals surface area contributed by atoms with Crippen molar-refractivity contribution in [1.29, 1.82) is 0 Å². The summed E-state index contributed by atoms with van der Waals surface area (Å²) >= 11 is 1.87. The van der Waals surface area contributed by atoms with Crippen molar-refractivity contribution in [2.75, 3.05) is 0 Å². The lowest BCUT2D eigenvalue weighted by atomic mass is 9.95. The third-order valence-corrected chi connectivity index (χ3v) is 14.6. The van der Waals surface area contributed by atoms with Gasteiger partial charge < -0.3 is 4.42 Å². The summed E-state index contributed by atoms with van der Waals surface area (Å²) in [5.41, 5.74) is 15.8. The molecule has 0 aliphatic rings. The molecule has 0 radical (unpaired) electrons. The number of rotatable bonds is 6. The van der Waals surface area contributed by atoms with Crippen molar-refractivity contribution in [2.45, 2.75) is 0 Å². The van der Waals surface area contributed by atoms with Crippen LogP contribution in [0.3, 0.4) is 0 Å². The van der Waals surface area contributed by atoms with Gasteiger partial charge in [-0.2, -0.15) is 0 Å². The second kappa shape index (κ2) is 15.0. The van der Waals surface area contributed by atoms with Gasteiger partial charge in [-0.15, -0.1) is 11.3 Å². The van der Waals surface area contributed by atoms with E-state index in [4.69, 9.17) is 14.4 Å². The van der Waals surface area contributed by atoms with E-state index in [1.54, 1.807) is 0 Å². The molecule has 0 fully saturated rings. The Hall–Kier alpha value is -8.64. The molecule has 4 heterocycles. The molecule has 4 aromatic heterocycles. The van der Waals surface area contributed by atoms with Gasteiger partial charge in [0.2, 0.25) is 5.95 Å². The molecule has 0 spiro atoms. The molecule has 0 N–H and O–H groups in total. The van der Waals surface area contributed by atoms with Crippen molar-refractivity contribution in [3.8, 4) is 61.7 Å². The van der Waals surface area contributed by atoms with Crippen LogP contribution in [0.4, 0.5) is 0 Å². The Morgan fingerprint density at radius 2 is 0.970 bits per heavy atom. The lowest BCUT2D eigenvalue weighted by Gasteiger charge is -2.14. The van der Waals surface area contributed by atoms with Crippen LogP contribution in [0.1, 0.15) is 0 Å². The van der Waals surface area contributed by atoms with Gasteiger partial charge in [0.25, 0.3) is 0 Å². The van der Waals surface area contributed by atoms with Crippen LogP contribution >= 0.6 is 11.3 Å². The number of benzene rings is 10. The molecule has 312 valence electrons. The Kier molecular flexibility index (Phi) is 8.42.